The van der Waals surface area contributed by atoms with Crippen molar-refractivity contribution in [3.8, 4) is 12.3 Å². The van der Waals surface area contributed by atoms with Gasteiger partial charge in [0.15, 0.2) is 0 Å². The average Bonchev–Trinajstić information content (AvgIpc) is 2.25. The molecule has 1 aromatic rings. The van der Waals surface area contributed by atoms with E-state index >= 15 is 0 Å². The number of hydrogen-bond donors (Lipinski definition) is 2. The molecule has 2 N–H and O–H groups in total. The summed E-state index contributed by atoms with van der Waals surface area (Å²) in [6.45, 7) is 1.97. The Morgan fingerprint density at radius 1 is 1.62 bits per heavy atom. The van der Waals surface area contributed by atoms with E-state index in [9.17, 15) is 4.79 Å². The Balaban J connectivity index is 2.97. The summed E-state index contributed by atoms with van der Waals surface area (Å²) in [5, 5.41) is 12.0. The van der Waals surface area contributed by atoms with Crippen LogP contribution in [0.4, 0.5) is 5.69 Å². The van der Waals surface area contributed by atoms with Crippen LogP contribution in [0.25, 0.3) is 0 Å². The molecule has 0 saturated heterocycles. The van der Waals surface area contributed by atoms with Gasteiger partial charge in [-0.05, 0) is 24.6 Å². The van der Waals surface area contributed by atoms with Gasteiger partial charge in [0, 0.05) is 10.2 Å². The largest absolute Gasteiger partial charge is 0.478 e. The molecule has 4 heteroatoms. The number of nitrogens with one attached hydrogen (secondary N) is 1. The number of carbonyl (C=O) groups is 1. The molecule has 0 aromatic heterocycles. The van der Waals surface area contributed by atoms with Crippen LogP contribution in [0.2, 0.25) is 0 Å². The molecule has 1 unspecified atom stereocenters. The van der Waals surface area contributed by atoms with Crippen LogP contribution in [0.15, 0.2) is 22.7 Å². The fraction of sp³-hybridized carbons (Fsp3) is 0.250. The van der Waals surface area contributed by atoms with Gasteiger partial charge in [-0.15, -0.1) is 6.42 Å². The van der Waals surface area contributed by atoms with Crippen LogP contribution in [0.5, 0.6) is 0 Å². The van der Waals surface area contributed by atoms with E-state index in [0.29, 0.717) is 10.2 Å². The summed E-state index contributed by atoms with van der Waals surface area (Å²) in [6.07, 6.45) is 6.11. The number of benzene rings is 1. The number of hydrogen-bond acceptors (Lipinski definition) is 2. The van der Waals surface area contributed by atoms with Crippen molar-refractivity contribution in [3.63, 3.8) is 0 Å². The van der Waals surface area contributed by atoms with Gasteiger partial charge in [-0.2, -0.15) is 0 Å². The van der Waals surface area contributed by atoms with Crippen molar-refractivity contribution < 1.29 is 9.90 Å². The number of carboxylic acid groups (broad SMARTS) is 1. The minimum absolute atomic E-state index is 0.0871. The van der Waals surface area contributed by atoms with Gasteiger partial charge in [0.05, 0.1) is 11.6 Å². The molecule has 0 amide bonds. The molecule has 1 rings (SSSR count). The van der Waals surface area contributed by atoms with Crippen molar-refractivity contribution in [2.45, 2.75) is 19.4 Å². The minimum Gasteiger partial charge on any atom is -0.478 e. The Morgan fingerprint density at radius 2 is 2.31 bits per heavy atom. The molecule has 0 heterocycles. The van der Waals surface area contributed by atoms with Crippen molar-refractivity contribution in [1.82, 2.24) is 0 Å². The molecule has 0 aliphatic carbocycles. The van der Waals surface area contributed by atoms with Crippen LogP contribution in [-0.4, -0.2) is 17.1 Å². The summed E-state index contributed by atoms with van der Waals surface area (Å²) in [5.41, 5.74) is 0.931. The molecule has 16 heavy (non-hydrogen) atoms. The minimum atomic E-state index is -0.960. The lowest BCUT2D eigenvalue weighted by Gasteiger charge is -2.13. The molecule has 1 aromatic carbocycles. The van der Waals surface area contributed by atoms with Gasteiger partial charge < -0.3 is 10.4 Å². The lowest BCUT2D eigenvalue weighted by Crippen LogP contribution is -2.16. The van der Waals surface area contributed by atoms with Gasteiger partial charge >= 0.3 is 5.97 Å². The molecule has 0 saturated carbocycles. The van der Waals surface area contributed by atoms with E-state index in [-0.39, 0.29) is 11.6 Å². The maximum atomic E-state index is 10.8. The first-order valence-corrected chi connectivity index (χ1v) is 5.62. The highest BCUT2D eigenvalue weighted by Crippen LogP contribution is 2.20. The fourth-order valence-corrected chi connectivity index (χ4v) is 1.75. The Hall–Kier alpha value is -1.47. The van der Waals surface area contributed by atoms with E-state index in [1.165, 1.54) is 0 Å². The summed E-state index contributed by atoms with van der Waals surface area (Å²) in [6, 6.07) is 4.82. The zero-order valence-corrected chi connectivity index (χ0v) is 10.4. The molecule has 0 aliphatic rings. The quantitative estimate of drug-likeness (QED) is 0.835. The zero-order valence-electron chi connectivity index (χ0n) is 8.83. The number of carboxylic acids is 1. The molecular weight excluding hydrogens is 270 g/mol. The second kappa shape index (κ2) is 5.57. The number of aromatic carboxylic acids is 1. The maximum absolute atomic E-state index is 10.8. The lowest BCUT2D eigenvalue weighted by molar-refractivity contribution is 0.0697. The van der Waals surface area contributed by atoms with Crippen LogP contribution >= 0.6 is 15.9 Å². The summed E-state index contributed by atoms with van der Waals surface area (Å²) in [4.78, 5) is 10.8. The van der Waals surface area contributed by atoms with Crippen LogP contribution in [0, 0.1) is 12.3 Å². The molecule has 0 bridgehead atoms. The third-order valence-electron chi connectivity index (χ3n) is 2.10. The predicted molar refractivity (Wildman–Crippen MR) is 67.6 cm³/mol. The normalized spacial score (nSPS) is 11.6. The molecule has 84 valence electrons. The first-order valence-electron chi connectivity index (χ1n) is 4.83. The first kappa shape index (κ1) is 12.6. The number of halogens is 1. The Morgan fingerprint density at radius 3 is 2.81 bits per heavy atom. The van der Waals surface area contributed by atoms with Gasteiger partial charge in [0.1, 0.15) is 0 Å². The van der Waals surface area contributed by atoms with Crippen LogP contribution < -0.4 is 5.32 Å². The van der Waals surface area contributed by atoms with Crippen molar-refractivity contribution in [2.75, 3.05) is 5.32 Å². The zero-order chi connectivity index (χ0) is 12.1. The molecule has 0 aliphatic heterocycles. The van der Waals surface area contributed by atoms with Crippen molar-refractivity contribution >= 4 is 27.6 Å². The highest BCUT2D eigenvalue weighted by atomic mass is 79.9. The number of anilines is 1. The maximum Gasteiger partial charge on any atom is 0.335 e. The van der Waals surface area contributed by atoms with Crippen molar-refractivity contribution in [2.24, 2.45) is 0 Å². The Bertz CT molecular complexity index is 437. The summed E-state index contributed by atoms with van der Waals surface area (Å²) >= 11 is 3.26. The van der Waals surface area contributed by atoms with Gasteiger partial charge in [0.2, 0.25) is 0 Å². The van der Waals surface area contributed by atoms with Crippen molar-refractivity contribution in [3.05, 3.63) is 28.2 Å². The summed E-state index contributed by atoms with van der Waals surface area (Å²) in [5.74, 6) is 1.63. The molecule has 0 fully saturated rings. The summed E-state index contributed by atoms with van der Waals surface area (Å²) in [7, 11) is 0. The Labute approximate surface area is 103 Å². The lowest BCUT2D eigenvalue weighted by atomic mass is 10.1. The van der Waals surface area contributed by atoms with Crippen molar-refractivity contribution in [1.29, 1.82) is 0 Å². The number of terminal acetylenes is 1. The average molecular weight is 282 g/mol. The van der Waals surface area contributed by atoms with Crippen LogP contribution in [0.3, 0.4) is 0 Å². The molecule has 3 nitrogen and oxygen atoms in total. The highest BCUT2D eigenvalue weighted by molar-refractivity contribution is 9.10. The van der Waals surface area contributed by atoms with Crippen LogP contribution in [0.1, 0.15) is 23.7 Å². The third kappa shape index (κ3) is 3.28. The van der Waals surface area contributed by atoms with Gasteiger partial charge in [-0.3, -0.25) is 0 Å². The van der Waals surface area contributed by atoms with Gasteiger partial charge in [0.25, 0.3) is 0 Å². The van der Waals surface area contributed by atoms with Gasteiger partial charge in [-0.25, -0.2) is 4.79 Å². The standard InChI is InChI=1S/C12H12BrNO2/c1-3-10(4-2)14-11-6-8(12(15)16)5-9(13)7-11/h1,5-7,10,14H,4H2,2H3,(H,15,16). The number of rotatable bonds is 4. The Kier molecular flexibility index (Phi) is 4.39. The predicted octanol–water partition coefficient (Wildman–Crippen LogP) is 2.97. The van der Waals surface area contributed by atoms with E-state index in [0.717, 1.165) is 6.42 Å². The topological polar surface area (TPSA) is 49.3 Å². The SMILES string of the molecule is C#CC(CC)Nc1cc(Br)cc(C(=O)O)c1. The molecule has 0 radical (unpaired) electrons. The van der Waals surface area contributed by atoms with E-state index in [1.807, 2.05) is 6.92 Å². The highest BCUT2D eigenvalue weighted by Gasteiger charge is 2.08. The monoisotopic (exact) mass is 281 g/mol. The smallest absolute Gasteiger partial charge is 0.335 e. The van der Waals surface area contributed by atoms with E-state index in [2.05, 4.69) is 27.2 Å². The fourth-order valence-electron chi connectivity index (χ4n) is 1.26. The third-order valence-corrected chi connectivity index (χ3v) is 2.55. The van der Waals surface area contributed by atoms with E-state index in [1.54, 1.807) is 18.2 Å². The van der Waals surface area contributed by atoms with E-state index < -0.39 is 5.97 Å². The first-order chi connectivity index (χ1) is 7.56. The second-order valence-electron chi connectivity index (χ2n) is 3.31. The second-order valence-corrected chi connectivity index (χ2v) is 4.22. The van der Waals surface area contributed by atoms with Gasteiger partial charge in [-0.1, -0.05) is 28.8 Å². The molecular formula is C12H12BrNO2. The molecule has 0 spiro atoms. The molecule has 1 atom stereocenters. The van der Waals surface area contributed by atoms with E-state index in [4.69, 9.17) is 11.5 Å². The van der Waals surface area contributed by atoms with Crippen LogP contribution in [-0.2, 0) is 0 Å². The summed E-state index contributed by atoms with van der Waals surface area (Å²) < 4.78 is 0.710.